The highest BCUT2D eigenvalue weighted by Gasteiger charge is 2.15. The second kappa shape index (κ2) is 6.45. The molecule has 0 N–H and O–H groups in total. The minimum absolute atomic E-state index is 0.00394. The topological polar surface area (TPSA) is 73.8 Å². The summed E-state index contributed by atoms with van der Waals surface area (Å²) in [5, 5.41) is 0. The average Bonchev–Trinajstić information content (AvgIpc) is 3.07. The van der Waals surface area contributed by atoms with E-state index in [2.05, 4.69) is 4.99 Å². The van der Waals surface area contributed by atoms with E-state index < -0.39 is 11.9 Å². The van der Waals surface area contributed by atoms with Crippen molar-refractivity contribution >= 4 is 33.4 Å². The van der Waals surface area contributed by atoms with Crippen molar-refractivity contribution in [1.29, 1.82) is 0 Å². The summed E-state index contributed by atoms with van der Waals surface area (Å²) in [4.78, 5) is 28.8. The van der Waals surface area contributed by atoms with Crippen LogP contribution < -0.4 is 4.80 Å². The van der Waals surface area contributed by atoms with Gasteiger partial charge in [0.2, 0.25) is 0 Å². The number of carbonyl (C=O) groups excluding carboxylic acids is 2. The zero-order chi connectivity index (χ0) is 17.3. The molecule has 0 unspecified atom stereocenters. The number of nitrogens with zero attached hydrogens (tertiary/aromatic N) is 2. The third-order valence-corrected chi connectivity index (χ3v) is 4.63. The van der Waals surface area contributed by atoms with Crippen LogP contribution in [0.5, 0.6) is 0 Å². The molecule has 24 heavy (non-hydrogen) atoms. The standard InChI is InChI=1S/C17H16N2O4S/c1-10-8-12(11(2)23-10)16(21)18-17-19(9-15(20)22-3)13-6-4-5-7-14(13)24-17/h4-8H,9H2,1-3H3. The number of para-hydroxylation sites is 1. The summed E-state index contributed by atoms with van der Waals surface area (Å²) >= 11 is 1.35. The van der Waals surface area contributed by atoms with E-state index in [4.69, 9.17) is 9.15 Å². The Balaban J connectivity index is 2.14. The van der Waals surface area contributed by atoms with E-state index in [0.717, 1.165) is 10.2 Å². The van der Waals surface area contributed by atoms with Crippen molar-refractivity contribution in [3.8, 4) is 0 Å². The van der Waals surface area contributed by atoms with E-state index in [-0.39, 0.29) is 6.54 Å². The van der Waals surface area contributed by atoms with Crippen molar-refractivity contribution < 1.29 is 18.7 Å². The van der Waals surface area contributed by atoms with Crippen LogP contribution in [0.25, 0.3) is 10.2 Å². The molecule has 0 atom stereocenters. The molecule has 0 saturated heterocycles. The van der Waals surface area contributed by atoms with E-state index in [1.807, 2.05) is 24.3 Å². The van der Waals surface area contributed by atoms with Crippen molar-refractivity contribution in [1.82, 2.24) is 4.57 Å². The first-order valence-corrected chi connectivity index (χ1v) is 8.12. The smallest absolute Gasteiger partial charge is 0.325 e. The van der Waals surface area contributed by atoms with Crippen LogP contribution in [0, 0.1) is 13.8 Å². The molecule has 0 spiro atoms. The fourth-order valence-electron chi connectivity index (χ4n) is 2.44. The maximum atomic E-state index is 12.5. The van der Waals surface area contributed by atoms with Gasteiger partial charge in [-0.1, -0.05) is 23.5 Å². The Bertz CT molecular complexity index is 994. The third kappa shape index (κ3) is 3.03. The van der Waals surface area contributed by atoms with E-state index >= 15 is 0 Å². The van der Waals surface area contributed by atoms with Gasteiger partial charge in [-0.2, -0.15) is 4.99 Å². The summed E-state index contributed by atoms with van der Waals surface area (Å²) in [5.74, 6) is 0.393. The summed E-state index contributed by atoms with van der Waals surface area (Å²) in [7, 11) is 1.33. The van der Waals surface area contributed by atoms with E-state index in [1.165, 1.54) is 18.4 Å². The molecule has 0 aliphatic carbocycles. The van der Waals surface area contributed by atoms with Crippen LogP contribution in [-0.4, -0.2) is 23.6 Å². The number of esters is 1. The molecular weight excluding hydrogens is 328 g/mol. The molecule has 6 nitrogen and oxygen atoms in total. The Hall–Kier alpha value is -2.67. The number of carbonyl (C=O) groups is 2. The fourth-order valence-corrected chi connectivity index (χ4v) is 3.47. The van der Waals surface area contributed by atoms with Crippen LogP contribution in [0.4, 0.5) is 0 Å². The molecule has 7 heteroatoms. The summed E-state index contributed by atoms with van der Waals surface area (Å²) in [6, 6.07) is 9.24. The van der Waals surface area contributed by atoms with Crippen molar-refractivity contribution in [2.45, 2.75) is 20.4 Å². The van der Waals surface area contributed by atoms with Crippen LogP contribution >= 0.6 is 11.3 Å². The summed E-state index contributed by atoms with van der Waals surface area (Å²) < 4.78 is 12.8. The van der Waals surface area contributed by atoms with Gasteiger partial charge in [-0.05, 0) is 32.0 Å². The number of hydrogen-bond donors (Lipinski definition) is 0. The number of thiazole rings is 1. The highest BCUT2D eigenvalue weighted by molar-refractivity contribution is 7.16. The van der Waals surface area contributed by atoms with Gasteiger partial charge in [-0.3, -0.25) is 9.59 Å². The number of benzene rings is 1. The minimum atomic E-state index is -0.400. The van der Waals surface area contributed by atoms with E-state index in [9.17, 15) is 9.59 Å². The fraction of sp³-hybridized carbons (Fsp3) is 0.235. The quantitative estimate of drug-likeness (QED) is 0.685. The first-order valence-electron chi connectivity index (χ1n) is 7.31. The molecule has 0 fully saturated rings. The van der Waals surface area contributed by atoms with Gasteiger partial charge in [-0.15, -0.1) is 0 Å². The molecule has 1 amide bonds. The van der Waals surface area contributed by atoms with Crippen molar-refractivity contribution in [3.63, 3.8) is 0 Å². The maximum absolute atomic E-state index is 12.5. The zero-order valence-corrected chi connectivity index (χ0v) is 14.3. The molecule has 124 valence electrons. The van der Waals surface area contributed by atoms with Gasteiger partial charge < -0.3 is 13.7 Å². The molecule has 0 bridgehead atoms. The van der Waals surface area contributed by atoms with E-state index in [1.54, 1.807) is 24.5 Å². The molecule has 3 aromatic rings. The molecule has 3 rings (SSSR count). The Morgan fingerprint density at radius 1 is 1.29 bits per heavy atom. The second-order valence-electron chi connectivity index (χ2n) is 5.26. The average molecular weight is 344 g/mol. The minimum Gasteiger partial charge on any atom is -0.468 e. The number of amides is 1. The van der Waals surface area contributed by atoms with Crippen LogP contribution in [-0.2, 0) is 16.1 Å². The monoisotopic (exact) mass is 344 g/mol. The van der Waals surface area contributed by atoms with Gasteiger partial charge in [0.25, 0.3) is 5.91 Å². The van der Waals surface area contributed by atoms with Crippen molar-refractivity contribution in [2.75, 3.05) is 7.11 Å². The Kier molecular flexibility index (Phi) is 4.35. The van der Waals surface area contributed by atoms with Gasteiger partial charge in [0.1, 0.15) is 18.1 Å². The third-order valence-electron chi connectivity index (χ3n) is 3.57. The first kappa shape index (κ1) is 16.2. The van der Waals surface area contributed by atoms with Crippen molar-refractivity contribution in [3.05, 3.63) is 52.2 Å². The molecule has 0 radical (unpaired) electrons. The molecule has 0 aliphatic rings. The number of ether oxygens (including phenoxy) is 1. The van der Waals surface area contributed by atoms with Crippen LogP contribution in [0.15, 0.2) is 39.7 Å². The number of hydrogen-bond acceptors (Lipinski definition) is 5. The second-order valence-corrected chi connectivity index (χ2v) is 6.27. The van der Waals surface area contributed by atoms with Crippen LogP contribution in [0.2, 0.25) is 0 Å². The molecule has 1 aromatic carbocycles. The maximum Gasteiger partial charge on any atom is 0.325 e. The highest BCUT2D eigenvalue weighted by atomic mass is 32.1. The molecule has 0 aliphatic heterocycles. The van der Waals surface area contributed by atoms with Gasteiger partial charge in [0, 0.05) is 0 Å². The summed E-state index contributed by atoms with van der Waals surface area (Å²) in [5.41, 5.74) is 1.26. The highest BCUT2D eigenvalue weighted by Crippen LogP contribution is 2.18. The molecule has 2 heterocycles. The predicted octanol–water partition coefficient (Wildman–Crippen LogP) is 2.83. The number of aryl methyl sites for hydroxylation is 2. The predicted molar refractivity (Wildman–Crippen MR) is 89.9 cm³/mol. The Morgan fingerprint density at radius 3 is 2.71 bits per heavy atom. The summed E-state index contributed by atoms with van der Waals surface area (Å²) in [6.07, 6.45) is 0. The molecule has 0 saturated carbocycles. The van der Waals surface area contributed by atoms with Gasteiger partial charge in [0.15, 0.2) is 4.80 Å². The lowest BCUT2D eigenvalue weighted by molar-refractivity contribution is -0.141. The lowest BCUT2D eigenvalue weighted by Gasteiger charge is -2.03. The largest absolute Gasteiger partial charge is 0.468 e. The Labute approximate surface area is 142 Å². The zero-order valence-electron chi connectivity index (χ0n) is 13.5. The van der Waals surface area contributed by atoms with Crippen LogP contribution in [0.1, 0.15) is 21.9 Å². The normalized spacial score (nSPS) is 11.9. The molecular formula is C17H16N2O4S. The van der Waals surface area contributed by atoms with Gasteiger partial charge >= 0.3 is 5.97 Å². The lowest BCUT2D eigenvalue weighted by Crippen LogP contribution is -2.22. The number of furan rings is 1. The van der Waals surface area contributed by atoms with Crippen molar-refractivity contribution in [2.24, 2.45) is 4.99 Å². The van der Waals surface area contributed by atoms with E-state index in [0.29, 0.717) is 21.9 Å². The first-order chi connectivity index (χ1) is 11.5. The Morgan fingerprint density at radius 2 is 2.04 bits per heavy atom. The summed E-state index contributed by atoms with van der Waals surface area (Å²) in [6.45, 7) is 3.50. The van der Waals surface area contributed by atoms with Crippen LogP contribution in [0.3, 0.4) is 0 Å². The number of aromatic nitrogens is 1. The number of methoxy groups -OCH3 is 1. The lowest BCUT2D eigenvalue weighted by atomic mass is 10.2. The van der Waals surface area contributed by atoms with Gasteiger partial charge in [0.05, 0.1) is 22.9 Å². The number of rotatable bonds is 3. The molecule has 2 aromatic heterocycles. The van der Waals surface area contributed by atoms with Gasteiger partial charge in [-0.25, -0.2) is 0 Å². The SMILES string of the molecule is COC(=O)Cn1c(=NC(=O)c2cc(C)oc2C)sc2ccccc21. The number of fused-ring (bicyclic) bond motifs is 1.